The Morgan fingerprint density at radius 1 is 0.844 bits per heavy atom. The van der Waals surface area contributed by atoms with Crippen molar-refractivity contribution < 1.29 is 9.84 Å². The molecule has 1 aliphatic heterocycles. The summed E-state index contributed by atoms with van der Waals surface area (Å²) in [7, 11) is 0. The minimum Gasteiger partial charge on any atom is -0.507 e. The smallest absolute Gasteiger partial charge is 0.126 e. The number of phenols is 1. The topological polar surface area (TPSA) is 29.5 Å². The molecule has 1 aromatic carbocycles. The Labute approximate surface area is 199 Å². The Kier molecular flexibility index (Phi) is 9.56. The Hall–Kier alpha value is -1.18. The fourth-order valence-corrected chi connectivity index (χ4v) is 5.46. The molecule has 2 nitrogen and oxygen atoms in total. The maximum absolute atomic E-state index is 10.4. The van der Waals surface area contributed by atoms with Crippen LogP contribution in [0, 0.1) is 37.5 Å². The van der Waals surface area contributed by atoms with Gasteiger partial charge in [0.05, 0.1) is 6.10 Å². The first-order valence-electron chi connectivity index (χ1n) is 13.3. The molecule has 184 valence electrons. The fraction of sp³-hybridized carbons (Fsp3) is 0.800. The van der Waals surface area contributed by atoms with Gasteiger partial charge in [0.2, 0.25) is 0 Å². The molecule has 1 aliphatic rings. The minimum absolute atomic E-state index is 0.320. The molecule has 0 aliphatic carbocycles. The van der Waals surface area contributed by atoms with Crippen LogP contribution in [0.15, 0.2) is 0 Å². The second kappa shape index (κ2) is 11.3. The van der Waals surface area contributed by atoms with E-state index in [9.17, 15) is 5.11 Å². The summed E-state index contributed by atoms with van der Waals surface area (Å²) in [5.74, 6) is 2.33. The molecule has 0 saturated heterocycles. The number of hydrogen-bond donors (Lipinski definition) is 1. The van der Waals surface area contributed by atoms with Gasteiger partial charge in [-0.1, -0.05) is 60.8 Å². The summed E-state index contributed by atoms with van der Waals surface area (Å²) in [5, 5.41) is 10.4. The van der Waals surface area contributed by atoms with Gasteiger partial charge in [-0.3, -0.25) is 0 Å². The Morgan fingerprint density at radius 2 is 1.41 bits per heavy atom. The second-order valence-corrected chi connectivity index (χ2v) is 12.7. The number of aromatic hydroxyl groups is 1. The van der Waals surface area contributed by atoms with Crippen LogP contribution >= 0.6 is 0 Å². The van der Waals surface area contributed by atoms with E-state index in [0.29, 0.717) is 22.7 Å². The highest BCUT2D eigenvalue weighted by Crippen LogP contribution is 2.42. The lowest BCUT2D eigenvalue weighted by molar-refractivity contribution is 0.150. The van der Waals surface area contributed by atoms with Gasteiger partial charge in [0.25, 0.3) is 0 Å². The third-order valence-corrected chi connectivity index (χ3v) is 8.06. The predicted octanol–water partition coefficient (Wildman–Crippen LogP) is 9.23. The molecule has 1 N–H and O–H groups in total. The normalized spacial score (nSPS) is 16.9. The van der Waals surface area contributed by atoms with Gasteiger partial charge < -0.3 is 9.84 Å². The van der Waals surface area contributed by atoms with Crippen LogP contribution in [0.25, 0.3) is 0 Å². The van der Waals surface area contributed by atoms with Gasteiger partial charge in [0.1, 0.15) is 11.5 Å². The van der Waals surface area contributed by atoms with E-state index in [1.807, 2.05) is 13.8 Å². The quantitative estimate of drug-likeness (QED) is 0.348. The molecule has 0 fully saturated rings. The van der Waals surface area contributed by atoms with Crippen LogP contribution < -0.4 is 4.74 Å². The third kappa shape index (κ3) is 7.70. The number of ether oxygens (including phenoxy) is 1. The predicted molar refractivity (Wildman–Crippen MR) is 139 cm³/mol. The number of hydrogen-bond acceptors (Lipinski definition) is 2. The maximum atomic E-state index is 10.4. The molecular formula is C30H52O2. The average Bonchev–Trinajstić information content (AvgIpc) is 2.69. The zero-order valence-corrected chi connectivity index (χ0v) is 22.8. The molecule has 1 atom stereocenters. The first-order valence-corrected chi connectivity index (χ1v) is 13.3. The summed E-state index contributed by atoms with van der Waals surface area (Å²) in [4.78, 5) is 0. The highest BCUT2D eigenvalue weighted by atomic mass is 16.5. The van der Waals surface area contributed by atoms with E-state index < -0.39 is 0 Å². The zero-order valence-electron chi connectivity index (χ0n) is 22.8. The third-order valence-electron chi connectivity index (χ3n) is 8.06. The summed E-state index contributed by atoms with van der Waals surface area (Å²) in [6.45, 7) is 20.6. The van der Waals surface area contributed by atoms with Crippen molar-refractivity contribution in [3.8, 4) is 11.5 Å². The molecule has 2 heteroatoms. The Bertz CT molecular complexity index is 742. The van der Waals surface area contributed by atoms with Crippen LogP contribution in [0.2, 0.25) is 0 Å². The Balaban J connectivity index is 1.76. The molecule has 0 aromatic heterocycles. The maximum Gasteiger partial charge on any atom is 0.126 e. The van der Waals surface area contributed by atoms with Crippen molar-refractivity contribution in [1.82, 2.24) is 0 Å². The molecule has 32 heavy (non-hydrogen) atoms. The highest BCUT2D eigenvalue weighted by molar-refractivity contribution is 5.58. The molecule has 0 spiro atoms. The lowest BCUT2D eigenvalue weighted by atomic mass is 9.77. The summed E-state index contributed by atoms with van der Waals surface area (Å²) in [6.07, 6.45) is 14.2. The monoisotopic (exact) mass is 444 g/mol. The zero-order chi connectivity index (χ0) is 24.1. The molecule has 1 aromatic rings. The largest absolute Gasteiger partial charge is 0.507 e. The molecule has 0 amide bonds. The lowest BCUT2D eigenvalue weighted by Gasteiger charge is -2.32. The number of phenolic OH excluding ortho intramolecular Hbond substituents is 1. The van der Waals surface area contributed by atoms with Crippen LogP contribution in [-0.4, -0.2) is 11.2 Å². The highest BCUT2D eigenvalue weighted by Gasteiger charge is 2.27. The van der Waals surface area contributed by atoms with Crippen molar-refractivity contribution in [2.45, 2.75) is 139 Å². The molecule has 1 heterocycles. The molecule has 0 unspecified atom stereocenters. The first kappa shape index (κ1) is 27.1. The number of benzene rings is 1. The molecule has 0 radical (unpaired) electrons. The van der Waals surface area contributed by atoms with Gasteiger partial charge >= 0.3 is 0 Å². The van der Waals surface area contributed by atoms with E-state index in [4.69, 9.17) is 4.74 Å². The summed E-state index contributed by atoms with van der Waals surface area (Å²) >= 11 is 0. The van der Waals surface area contributed by atoms with E-state index in [1.165, 1.54) is 56.9 Å². The summed E-state index contributed by atoms with van der Waals surface area (Å²) in [6, 6.07) is 0. The van der Waals surface area contributed by atoms with E-state index in [2.05, 4.69) is 48.5 Å². The molecule has 0 bridgehead atoms. The molecular weight excluding hydrogens is 392 g/mol. The van der Waals surface area contributed by atoms with Crippen molar-refractivity contribution in [2.75, 3.05) is 0 Å². The van der Waals surface area contributed by atoms with Gasteiger partial charge in [0, 0.05) is 5.56 Å². The van der Waals surface area contributed by atoms with Crippen molar-refractivity contribution in [3.05, 3.63) is 22.3 Å². The number of fused-ring (bicyclic) bond motifs is 1. The SMILES string of the molecule is Cc1c(C)c2c(c(C)c1O)CC[C@@H](CCCC(C)(C)CCCC(C)(C)CCCC(C)C)O2. The van der Waals surface area contributed by atoms with E-state index in [0.717, 1.165) is 47.6 Å². The van der Waals surface area contributed by atoms with Gasteiger partial charge in [0.15, 0.2) is 0 Å². The van der Waals surface area contributed by atoms with E-state index in [-0.39, 0.29) is 0 Å². The van der Waals surface area contributed by atoms with Gasteiger partial charge in [-0.15, -0.1) is 0 Å². The lowest BCUT2D eigenvalue weighted by Crippen LogP contribution is -2.25. The van der Waals surface area contributed by atoms with Crippen LogP contribution in [0.1, 0.15) is 128 Å². The first-order chi connectivity index (χ1) is 14.8. The van der Waals surface area contributed by atoms with E-state index >= 15 is 0 Å². The van der Waals surface area contributed by atoms with Crippen LogP contribution in [0.3, 0.4) is 0 Å². The summed E-state index contributed by atoms with van der Waals surface area (Å²) in [5.41, 5.74) is 5.21. The second-order valence-electron chi connectivity index (χ2n) is 12.7. The molecule has 0 saturated carbocycles. The summed E-state index contributed by atoms with van der Waals surface area (Å²) < 4.78 is 6.46. The van der Waals surface area contributed by atoms with Gasteiger partial charge in [-0.05, 0) is 106 Å². The van der Waals surface area contributed by atoms with Gasteiger partial charge in [-0.2, -0.15) is 0 Å². The van der Waals surface area contributed by atoms with Gasteiger partial charge in [-0.25, -0.2) is 0 Å². The van der Waals surface area contributed by atoms with Crippen molar-refractivity contribution in [3.63, 3.8) is 0 Å². The molecule has 2 rings (SSSR count). The number of rotatable bonds is 12. The van der Waals surface area contributed by atoms with Crippen LogP contribution in [0.5, 0.6) is 11.5 Å². The minimum atomic E-state index is 0.320. The standard InChI is InChI=1S/C30H52O2/c1-21(2)13-10-17-29(6,7)19-12-20-30(8,9)18-11-14-25-15-16-26-24(5)27(31)22(3)23(4)28(26)32-25/h21,25,31H,10-20H2,1-9H3/t25-/m1/s1. The van der Waals surface area contributed by atoms with Crippen molar-refractivity contribution in [1.29, 1.82) is 0 Å². The van der Waals surface area contributed by atoms with Crippen LogP contribution in [0.4, 0.5) is 0 Å². The van der Waals surface area contributed by atoms with Crippen LogP contribution in [-0.2, 0) is 6.42 Å². The fourth-order valence-electron chi connectivity index (χ4n) is 5.46. The van der Waals surface area contributed by atoms with E-state index in [1.54, 1.807) is 0 Å². The Morgan fingerprint density at radius 3 is 2.00 bits per heavy atom. The average molecular weight is 445 g/mol. The van der Waals surface area contributed by atoms with Crippen molar-refractivity contribution in [2.24, 2.45) is 16.7 Å². The van der Waals surface area contributed by atoms with Crippen molar-refractivity contribution >= 4 is 0 Å².